The molecule has 0 saturated carbocycles. The van der Waals surface area contributed by atoms with Crippen LogP contribution in [0.3, 0.4) is 0 Å². The van der Waals surface area contributed by atoms with Crippen LogP contribution in [0.5, 0.6) is 0 Å². The molecule has 2 aromatic rings. The third kappa shape index (κ3) is 3.66. The lowest BCUT2D eigenvalue weighted by atomic mass is 10.2. The van der Waals surface area contributed by atoms with E-state index in [2.05, 4.69) is 10.4 Å². The van der Waals surface area contributed by atoms with Crippen molar-refractivity contribution in [1.29, 1.82) is 0 Å². The van der Waals surface area contributed by atoms with Gasteiger partial charge in [-0.25, -0.2) is 4.68 Å². The van der Waals surface area contributed by atoms with E-state index >= 15 is 0 Å². The summed E-state index contributed by atoms with van der Waals surface area (Å²) >= 11 is 0. The Bertz CT molecular complexity index is 523. The van der Waals surface area contributed by atoms with Crippen molar-refractivity contribution in [2.45, 2.75) is 19.3 Å². The van der Waals surface area contributed by atoms with E-state index in [0.717, 1.165) is 11.4 Å². The number of carbonyl (C=O) groups excluding carboxylic acids is 1. The molecule has 0 aliphatic carbocycles. The number of carbonyl (C=O) groups is 1. The lowest BCUT2D eigenvalue weighted by Crippen LogP contribution is -2.13. The molecule has 100 valence electrons. The van der Waals surface area contributed by atoms with E-state index < -0.39 is 0 Å². The van der Waals surface area contributed by atoms with Crippen LogP contribution in [-0.4, -0.2) is 27.4 Å². The average molecular weight is 259 g/mol. The van der Waals surface area contributed by atoms with Crippen LogP contribution in [0.1, 0.15) is 19.3 Å². The first kappa shape index (κ1) is 13.3. The van der Waals surface area contributed by atoms with Gasteiger partial charge in [-0.05, 0) is 31.0 Å². The minimum Gasteiger partial charge on any atom is -0.396 e. The standard InChI is InChI=1S/C14H17N3O2/c18-11-4-3-8-14(19)16-12-6-1-2-7-13(12)17-10-5-9-15-17/h1-2,5-7,9-10,18H,3-4,8,11H2,(H,16,19). The molecular weight excluding hydrogens is 242 g/mol. The SMILES string of the molecule is O=C(CCCCO)Nc1ccccc1-n1cccn1. The molecule has 0 saturated heterocycles. The van der Waals surface area contributed by atoms with E-state index in [9.17, 15) is 4.79 Å². The Kier molecular flexibility index (Phi) is 4.69. The highest BCUT2D eigenvalue weighted by atomic mass is 16.3. The number of aromatic nitrogens is 2. The van der Waals surface area contributed by atoms with Gasteiger partial charge in [0.1, 0.15) is 0 Å². The third-order valence-electron chi connectivity index (χ3n) is 2.74. The fourth-order valence-electron chi connectivity index (χ4n) is 1.80. The zero-order valence-corrected chi connectivity index (χ0v) is 10.6. The molecule has 0 atom stereocenters. The van der Waals surface area contributed by atoms with Crippen molar-refractivity contribution in [3.8, 4) is 5.69 Å². The van der Waals surface area contributed by atoms with Crippen molar-refractivity contribution in [3.05, 3.63) is 42.7 Å². The van der Waals surface area contributed by atoms with Gasteiger partial charge in [0.15, 0.2) is 0 Å². The van der Waals surface area contributed by atoms with Crippen LogP contribution in [-0.2, 0) is 4.79 Å². The van der Waals surface area contributed by atoms with Crippen LogP contribution in [0.2, 0.25) is 0 Å². The van der Waals surface area contributed by atoms with E-state index in [-0.39, 0.29) is 12.5 Å². The Hall–Kier alpha value is -2.14. The Labute approximate surface area is 111 Å². The minimum absolute atomic E-state index is 0.0481. The van der Waals surface area contributed by atoms with Crippen molar-refractivity contribution in [2.24, 2.45) is 0 Å². The van der Waals surface area contributed by atoms with Gasteiger partial charge in [0.05, 0.1) is 11.4 Å². The summed E-state index contributed by atoms with van der Waals surface area (Å²) in [6.07, 6.45) is 5.27. The van der Waals surface area contributed by atoms with E-state index in [4.69, 9.17) is 5.11 Å². The molecule has 0 radical (unpaired) electrons. The number of benzene rings is 1. The molecule has 5 nitrogen and oxygen atoms in total. The van der Waals surface area contributed by atoms with Gasteiger partial charge in [0, 0.05) is 25.4 Å². The number of rotatable bonds is 6. The van der Waals surface area contributed by atoms with Crippen molar-refractivity contribution in [3.63, 3.8) is 0 Å². The number of amides is 1. The maximum absolute atomic E-state index is 11.8. The fourth-order valence-corrected chi connectivity index (χ4v) is 1.80. The number of hydrogen-bond donors (Lipinski definition) is 2. The van der Waals surface area contributed by atoms with Crippen LogP contribution in [0.25, 0.3) is 5.69 Å². The van der Waals surface area contributed by atoms with Gasteiger partial charge in [-0.3, -0.25) is 4.79 Å². The second-order valence-corrected chi connectivity index (χ2v) is 4.20. The molecule has 1 aromatic carbocycles. The maximum atomic E-state index is 11.8. The number of nitrogens with one attached hydrogen (secondary N) is 1. The monoisotopic (exact) mass is 259 g/mol. The van der Waals surface area contributed by atoms with E-state index in [1.807, 2.05) is 36.5 Å². The molecule has 0 bridgehead atoms. The topological polar surface area (TPSA) is 67.2 Å². The molecule has 1 aromatic heterocycles. The van der Waals surface area contributed by atoms with Crippen LogP contribution >= 0.6 is 0 Å². The lowest BCUT2D eigenvalue weighted by Gasteiger charge is -2.10. The molecule has 0 aliphatic rings. The highest BCUT2D eigenvalue weighted by Crippen LogP contribution is 2.19. The first-order chi connectivity index (χ1) is 9.31. The predicted octanol–water partition coefficient (Wildman–Crippen LogP) is 1.97. The summed E-state index contributed by atoms with van der Waals surface area (Å²) in [6.45, 7) is 0.122. The third-order valence-corrected chi connectivity index (χ3v) is 2.74. The average Bonchev–Trinajstić information content (AvgIpc) is 2.93. The summed E-state index contributed by atoms with van der Waals surface area (Å²) in [4.78, 5) is 11.8. The molecule has 0 fully saturated rings. The van der Waals surface area contributed by atoms with Crippen LogP contribution in [0.4, 0.5) is 5.69 Å². The van der Waals surface area contributed by atoms with Gasteiger partial charge in [0.2, 0.25) is 5.91 Å². The zero-order valence-electron chi connectivity index (χ0n) is 10.6. The van der Waals surface area contributed by atoms with Crippen molar-refractivity contribution >= 4 is 11.6 Å². The summed E-state index contributed by atoms with van der Waals surface area (Å²) in [5.74, 6) is -0.0481. The van der Waals surface area contributed by atoms with Gasteiger partial charge in [-0.15, -0.1) is 0 Å². The van der Waals surface area contributed by atoms with E-state index in [0.29, 0.717) is 19.3 Å². The predicted molar refractivity (Wildman–Crippen MR) is 73.1 cm³/mol. The molecule has 19 heavy (non-hydrogen) atoms. The summed E-state index contributed by atoms with van der Waals surface area (Å²) in [7, 11) is 0. The van der Waals surface area contributed by atoms with Gasteiger partial charge in [-0.1, -0.05) is 12.1 Å². The number of hydrogen-bond acceptors (Lipinski definition) is 3. The highest BCUT2D eigenvalue weighted by Gasteiger charge is 2.07. The molecule has 0 unspecified atom stereocenters. The Morgan fingerprint density at radius 1 is 1.26 bits per heavy atom. The van der Waals surface area contributed by atoms with Gasteiger partial charge < -0.3 is 10.4 Å². The number of aliphatic hydroxyl groups excluding tert-OH is 1. The maximum Gasteiger partial charge on any atom is 0.224 e. The number of unbranched alkanes of at least 4 members (excludes halogenated alkanes) is 1. The van der Waals surface area contributed by atoms with E-state index in [1.54, 1.807) is 10.9 Å². The van der Waals surface area contributed by atoms with Crippen LogP contribution in [0, 0.1) is 0 Å². The highest BCUT2D eigenvalue weighted by molar-refractivity contribution is 5.92. The molecule has 0 spiro atoms. The molecule has 2 N–H and O–H groups in total. The molecule has 2 rings (SSSR count). The quantitative estimate of drug-likeness (QED) is 0.779. The minimum atomic E-state index is -0.0481. The summed E-state index contributed by atoms with van der Waals surface area (Å²) in [5.41, 5.74) is 1.57. The molecule has 5 heteroatoms. The first-order valence-electron chi connectivity index (χ1n) is 6.31. The van der Waals surface area contributed by atoms with Gasteiger partial charge >= 0.3 is 0 Å². The Morgan fingerprint density at radius 3 is 2.84 bits per heavy atom. The first-order valence-corrected chi connectivity index (χ1v) is 6.31. The normalized spacial score (nSPS) is 10.4. The Morgan fingerprint density at radius 2 is 2.11 bits per heavy atom. The molecular formula is C14H17N3O2. The number of anilines is 1. The summed E-state index contributed by atoms with van der Waals surface area (Å²) < 4.78 is 1.71. The van der Waals surface area contributed by atoms with Gasteiger partial charge in [0.25, 0.3) is 0 Å². The smallest absolute Gasteiger partial charge is 0.224 e. The largest absolute Gasteiger partial charge is 0.396 e. The molecule has 0 aliphatic heterocycles. The van der Waals surface area contributed by atoms with E-state index in [1.165, 1.54) is 0 Å². The van der Waals surface area contributed by atoms with Crippen LogP contribution < -0.4 is 5.32 Å². The summed E-state index contributed by atoms with van der Waals surface area (Å²) in [6, 6.07) is 9.35. The number of nitrogens with zero attached hydrogens (tertiary/aromatic N) is 2. The zero-order chi connectivity index (χ0) is 13.5. The fraction of sp³-hybridized carbons (Fsp3) is 0.286. The lowest BCUT2D eigenvalue weighted by molar-refractivity contribution is -0.116. The van der Waals surface area contributed by atoms with Crippen molar-refractivity contribution in [2.75, 3.05) is 11.9 Å². The van der Waals surface area contributed by atoms with Crippen LogP contribution in [0.15, 0.2) is 42.7 Å². The molecule has 1 amide bonds. The number of para-hydroxylation sites is 2. The van der Waals surface area contributed by atoms with Crippen molar-refractivity contribution < 1.29 is 9.90 Å². The second-order valence-electron chi connectivity index (χ2n) is 4.20. The number of aliphatic hydroxyl groups is 1. The van der Waals surface area contributed by atoms with Crippen molar-refractivity contribution in [1.82, 2.24) is 9.78 Å². The van der Waals surface area contributed by atoms with Gasteiger partial charge in [-0.2, -0.15) is 5.10 Å². The Balaban J connectivity index is 2.06. The summed E-state index contributed by atoms with van der Waals surface area (Å²) in [5, 5.41) is 15.7. The second kappa shape index (κ2) is 6.70. The molecule has 1 heterocycles.